The Bertz CT molecular complexity index is 647. The van der Waals surface area contributed by atoms with Gasteiger partial charge >= 0.3 is 0 Å². The molecular weight excluding hydrogens is 250 g/mol. The molecular formula is C15H15N5. The van der Waals surface area contributed by atoms with E-state index in [0.29, 0.717) is 11.5 Å². The number of benzene rings is 1. The van der Waals surface area contributed by atoms with E-state index in [9.17, 15) is 0 Å². The van der Waals surface area contributed by atoms with Crippen LogP contribution in [-0.2, 0) is 0 Å². The fourth-order valence-corrected chi connectivity index (χ4v) is 2.58. The van der Waals surface area contributed by atoms with E-state index in [4.69, 9.17) is 11.0 Å². The van der Waals surface area contributed by atoms with E-state index in [1.165, 1.54) is 0 Å². The summed E-state index contributed by atoms with van der Waals surface area (Å²) in [6.07, 6.45) is 5.35. The summed E-state index contributed by atoms with van der Waals surface area (Å²) in [4.78, 5) is 10.5. The van der Waals surface area contributed by atoms with Gasteiger partial charge in [-0.2, -0.15) is 5.26 Å². The molecule has 0 aliphatic carbocycles. The maximum atomic E-state index is 9.16. The van der Waals surface area contributed by atoms with Crippen LogP contribution in [0.3, 0.4) is 0 Å². The molecule has 0 spiro atoms. The average Bonchev–Trinajstić information content (AvgIpc) is 2.96. The van der Waals surface area contributed by atoms with Gasteiger partial charge in [0, 0.05) is 35.9 Å². The largest absolute Gasteiger partial charge is 0.398 e. The van der Waals surface area contributed by atoms with Gasteiger partial charge in [-0.1, -0.05) is 0 Å². The summed E-state index contributed by atoms with van der Waals surface area (Å²) in [7, 11) is 0. The Morgan fingerprint density at radius 3 is 2.80 bits per heavy atom. The van der Waals surface area contributed by atoms with Gasteiger partial charge in [-0.25, -0.2) is 9.97 Å². The fourth-order valence-electron chi connectivity index (χ4n) is 2.58. The predicted octanol–water partition coefficient (Wildman–Crippen LogP) is 2.22. The normalized spacial score (nSPS) is 17.9. The highest BCUT2D eigenvalue weighted by Gasteiger charge is 2.24. The molecule has 1 fully saturated rings. The van der Waals surface area contributed by atoms with E-state index >= 15 is 0 Å². The lowest BCUT2D eigenvalue weighted by Gasteiger charge is -2.22. The van der Waals surface area contributed by atoms with E-state index in [1.807, 2.05) is 18.2 Å². The third-order valence-corrected chi connectivity index (χ3v) is 3.58. The molecule has 0 amide bonds. The molecule has 2 N–H and O–H groups in total. The maximum absolute atomic E-state index is 9.16. The summed E-state index contributed by atoms with van der Waals surface area (Å²) in [5.74, 6) is 0.620. The first-order valence-corrected chi connectivity index (χ1v) is 6.63. The predicted molar refractivity (Wildman–Crippen MR) is 77.9 cm³/mol. The molecule has 1 aromatic heterocycles. The van der Waals surface area contributed by atoms with Crippen molar-refractivity contribution >= 4 is 11.4 Å². The summed E-state index contributed by atoms with van der Waals surface area (Å²) in [5, 5.41) is 9.16. The van der Waals surface area contributed by atoms with Crippen LogP contribution in [0.4, 0.5) is 11.4 Å². The Balaban J connectivity index is 1.94. The average molecular weight is 265 g/mol. The van der Waals surface area contributed by atoms with Crippen LogP contribution in [-0.4, -0.2) is 22.6 Å². The molecule has 2 aromatic rings. The molecule has 1 aliphatic rings. The van der Waals surface area contributed by atoms with Crippen LogP contribution < -0.4 is 10.6 Å². The minimum Gasteiger partial charge on any atom is -0.398 e. The summed E-state index contributed by atoms with van der Waals surface area (Å²) in [5.41, 5.74) is 8.57. The molecule has 20 heavy (non-hydrogen) atoms. The molecule has 1 aliphatic heterocycles. The first-order chi connectivity index (χ1) is 9.79. The monoisotopic (exact) mass is 265 g/mol. The summed E-state index contributed by atoms with van der Waals surface area (Å²) < 4.78 is 0. The van der Waals surface area contributed by atoms with Gasteiger partial charge < -0.3 is 10.6 Å². The van der Waals surface area contributed by atoms with E-state index < -0.39 is 0 Å². The van der Waals surface area contributed by atoms with Crippen molar-refractivity contribution in [3.05, 3.63) is 36.7 Å². The standard InChI is InChI=1S/C15H15N5/c16-10-12-3-1-8-20(12)11-4-5-13(14(17)9-11)15-18-6-2-7-19-15/h2,4-7,9,12H,1,3,8,17H2. The van der Waals surface area contributed by atoms with E-state index in [1.54, 1.807) is 18.5 Å². The van der Waals surface area contributed by atoms with Gasteiger partial charge in [-0.15, -0.1) is 0 Å². The van der Waals surface area contributed by atoms with Crippen LogP contribution in [0, 0.1) is 11.3 Å². The second-order valence-electron chi connectivity index (χ2n) is 4.82. The third-order valence-electron chi connectivity index (χ3n) is 3.58. The molecule has 100 valence electrons. The van der Waals surface area contributed by atoms with E-state index in [0.717, 1.165) is 30.6 Å². The number of aromatic nitrogens is 2. The minimum atomic E-state index is -0.0479. The number of hydrogen-bond donors (Lipinski definition) is 1. The Morgan fingerprint density at radius 2 is 2.10 bits per heavy atom. The molecule has 1 unspecified atom stereocenters. The zero-order valence-corrected chi connectivity index (χ0v) is 11.0. The van der Waals surface area contributed by atoms with Crippen LogP contribution in [0.15, 0.2) is 36.7 Å². The Morgan fingerprint density at radius 1 is 1.30 bits per heavy atom. The molecule has 1 saturated heterocycles. The van der Waals surface area contributed by atoms with Crippen molar-refractivity contribution in [1.29, 1.82) is 5.26 Å². The van der Waals surface area contributed by atoms with Crippen molar-refractivity contribution in [2.75, 3.05) is 17.2 Å². The Hall–Kier alpha value is -2.61. The molecule has 0 bridgehead atoms. The minimum absolute atomic E-state index is 0.0479. The lowest BCUT2D eigenvalue weighted by atomic mass is 10.1. The van der Waals surface area contributed by atoms with Gasteiger partial charge in [0.2, 0.25) is 0 Å². The smallest absolute Gasteiger partial charge is 0.161 e. The molecule has 2 heterocycles. The Labute approximate surface area is 117 Å². The van der Waals surface area contributed by atoms with Crippen molar-refractivity contribution in [1.82, 2.24) is 9.97 Å². The lowest BCUT2D eigenvalue weighted by molar-refractivity contribution is 0.818. The van der Waals surface area contributed by atoms with Gasteiger partial charge in [-0.05, 0) is 37.1 Å². The van der Waals surface area contributed by atoms with Crippen molar-refractivity contribution in [2.45, 2.75) is 18.9 Å². The van der Waals surface area contributed by atoms with Crippen LogP contribution in [0.5, 0.6) is 0 Å². The van der Waals surface area contributed by atoms with Crippen molar-refractivity contribution in [2.24, 2.45) is 0 Å². The van der Waals surface area contributed by atoms with Gasteiger partial charge in [0.25, 0.3) is 0 Å². The highest BCUT2D eigenvalue weighted by atomic mass is 15.2. The zero-order valence-electron chi connectivity index (χ0n) is 11.0. The highest BCUT2D eigenvalue weighted by Crippen LogP contribution is 2.31. The summed E-state index contributed by atoms with van der Waals surface area (Å²) in [6, 6.07) is 9.88. The molecule has 0 saturated carbocycles. The molecule has 1 aromatic carbocycles. The first kappa shape index (κ1) is 12.4. The quantitative estimate of drug-likeness (QED) is 0.842. The summed E-state index contributed by atoms with van der Waals surface area (Å²) >= 11 is 0. The highest BCUT2D eigenvalue weighted by molar-refractivity contribution is 5.75. The van der Waals surface area contributed by atoms with Gasteiger partial charge in [0.05, 0.1) is 6.07 Å². The molecule has 5 heteroatoms. The number of nitrogens with two attached hydrogens (primary N) is 1. The van der Waals surface area contributed by atoms with Crippen molar-refractivity contribution < 1.29 is 0 Å². The second kappa shape index (κ2) is 5.17. The van der Waals surface area contributed by atoms with Crippen LogP contribution in [0.25, 0.3) is 11.4 Å². The molecule has 0 radical (unpaired) electrons. The molecule has 5 nitrogen and oxygen atoms in total. The van der Waals surface area contributed by atoms with Gasteiger partial charge in [0.15, 0.2) is 5.82 Å². The fraction of sp³-hybridized carbons (Fsp3) is 0.267. The van der Waals surface area contributed by atoms with Crippen molar-refractivity contribution in [3.8, 4) is 17.5 Å². The third kappa shape index (κ3) is 2.16. The maximum Gasteiger partial charge on any atom is 0.161 e. The van der Waals surface area contributed by atoms with Crippen LogP contribution in [0.2, 0.25) is 0 Å². The van der Waals surface area contributed by atoms with Gasteiger partial charge in [0.1, 0.15) is 6.04 Å². The number of anilines is 2. The molecule has 1 atom stereocenters. The van der Waals surface area contributed by atoms with Crippen molar-refractivity contribution in [3.63, 3.8) is 0 Å². The Kier molecular flexibility index (Phi) is 3.21. The SMILES string of the molecule is N#CC1CCCN1c1ccc(-c2ncccn2)c(N)c1. The molecule has 3 rings (SSSR count). The van der Waals surface area contributed by atoms with Crippen LogP contribution >= 0.6 is 0 Å². The first-order valence-electron chi connectivity index (χ1n) is 6.63. The number of nitrogen functional groups attached to an aromatic ring is 1. The lowest BCUT2D eigenvalue weighted by Crippen LogP contribution is -2.27. The van der Waals surface area contributed by atoms with Crippen LogP contribution in [0.1, 0.15) is 12.8 Å². The number of hydrogen-bond acceptors (Lipinski definition) is 5. The second-order valence-corrected chi connectivity index (χ2v) is 4.82. The topological polar surface area (TPSA) is 78.8 Å². The van der Waals surface area contributed by atoms with E-state index in [2.05, 4.69) is 20.9 Å². The van der Waals surface area contributed by atoms with Gasteiger partial charge in [-0.3, -0.25) is 0 Å². The van der Waals surface area contributed by atoms with E-state index in [-0.39, 0.29) is 6.04 Å². The number of nitriles is 1. The number of nitrogens with zero attached hydrogens (tertiary/aromatic N) is 4. The number of rotatable bonds is 2. The summed E-state index contributed by atoms with van der Waals surface area (Å²) in [6.45, 7) is 0.902. The zero-order chi connectivity index (χ0) is 13.9.